The van der Waals surface area contributed by atoms with Crippen LogP contribution < -0.4 is 10.2 Å². The molecule has 0 unspecified atom stereocenters. The van der Waals surface area contributed by atoms with Crippen molar-refractivity contribution >= 4 is 18.6 Å². The number of carbonyl (C=O) groups is 1. The topological polar surface area (TPSA) is 63.2 Å². The third-order valence-corrected chi connectivity index (χ3v) is 4.75. The van der Waals surface area contributed by atoms with Crippen molar-refractivity contribution in [3.63, 3.8) is 0 Å². The van der Waals surface area contributed by atoms with Crippen molar-refractivity contribution in [1.29, 1.82) is 0 Å². The summed E-state index contributed by atoms with van der Waals surface area (Å²) >= 11 is 0. The predicted octanol–water partition coefficient (Wildman–Crippen LogP) is 3.11. The summed E-state index contributed by atoms with van der Waals surface area (Å²) in [6, 6.07) is 7.72. The largest absolute Gasteiger partial charge is 0.494 e. The van der Waals surface area contributed by atoms with Crippen molar-refractivity contribution < 1.29 is 28.3 Å². The maximum absolute atomic E-state index is 11.5. The zero-order chi connectivity index (χ0) is 21.0. The van der Waals surface area contributed by atoms with Crippen LogP contribution >= 0.6 is 0 Å². The summed E-state index contributed by atoms with van der Waals surface area (Å²) in [5.74, 6) is 0.416. The van der Waals surface area contributed by atoms with E-state index in [1.54, 1.807) is 0 Å². The molecule has 2 rings (SSSR count). The molecule has 0 atom stereocenters. The van der Waals surface area contributed by atoms with E-state index in [4.69, 9.17) is 23.5 Å². The van der Waals surface area contributed by atoms with Gasteiger partial charge in [0.1, 0.15) is 18.0 Å². The molecule has 1 fully saturated rings. The van der Waals surface area contributed by atoms with Crippen molar-refractivity contribution in [2.75, 3.05) is 19.8 Å². The Morgan fingerprint density at radius 2 is 1.57 bits per heavy atom. The third kappa shape index (κ3) is 6.50. The smallest absolute Gasteiger partial charge is 0.494 e. The molecular formula is C21H33BO6. The zero-order valence-corrected chi connectivity index (χ0v) is 18.2. The highest BCUT2D eigenvalue weighted by molar-refractivity contribution is 6.62. The molecule has 0 radical (unpaired) electrons. The number of benzene rings is 1. The monoisotopic (exact) mass is 392 g/mol. The van der Waals surface area contributed by atoms with E-state index in [9.17, 15) is 4.79 Å². The van der Waals surface area contributed by atoms with Gasteiger partial charge in [-0.3, -0.25) is 0 Å². The fourth-order valence-electron chi connectivity index (χ4n) is 2.58. The van der Waals surface area contributed by atoms with Crippen molar-refractivity contribution in [1.82, 2.24) is 0 Å². The second-order valence-corrected chi connectivity index (χ2v) is 9.00. The lowest BCUT2D eigenvalue weighted by Gasteiger charge is -2.32. The Morgan fingerprint density at radius 1 is 1.00 bits per heavy atom. The third-order valence-electron chi connectivity index (χ3n) is 4.75. The van der Waals surface area contributed by atoms with Crippen LogP contribution in [-0.4, -0.2) is 49.7 Å². The lowest BCUT2D eigenvalue weighted by atomic mass is 9.79. The molecule has 0 aromatic heterocycles. The predicted molar refractivity (Wildman–Crippen MR) is 109 cm³/mol. The number of carbonyl (C=O) groups excluding carboxylic acids is 1. The van der Waals surface area contributed by atoms with Crippen LogP contribution in [0, 0.1) is 0 Å². The van der Waals surface area contributed by atoms with Crippen molar-refractivity contribution in [2.24, 2.45) is 0 Å². The van der Waals surface area contributed by atoms with E-state index in [0.717, 1.165) is 11.2 Å². The fourth-order valence-corrected chi connectivity index (χ4v) is 2.58. The highest BCUT2D eigenvalue weighted by atomic mass is 16.7. The van der Waals surface area contributed by atoms with Crippen molar-refractivity contribution in [2.45, 2.75) is 71.7 Å². The van der Waals surface area contributed by atoms with E-state index in [2.05, 4.69) is 0 Å². The summed E-state index contributed by atoms with van der Waals surface area (Å²) in [5.41, 5.74) is -0.236. The second-order valence-electron chi connectivity index (χ2n) is 9.00. The van der Waals surface area contributed by atoms with Gasteiger partial charge in [-0.15, -0.1) is 0 Å². The standard InChI is InChI=1S/C21H33BO6/c1-19(2,3)26-18(23)15-24-13-8-14-25-17-11-9-16(10-12-17)22-27-20(4,5)21(6,7)28-22/h9-12H,8,13-15H2,1-7H3. The number of rotatable bonds is 8. The molecule has 1 saturated heterocycles. The SMILES string of the molecule is CC(C)(C)OC(=O)COCCCOc1ccc(B2OC(C)(C)C(C)(C)O2)cc1. The van der Waals surface area contributed by atoms with E-state index in [1.807, 2.05) is 72.7 Å². The fraction of sp³-hybridized carbons (Fsp3) is 0.667. The minimum absolute atomic E-state index is 0.0416. The Hall–Kier alpha value is -1.57. The highest BCUT2D eigenvalue weighted by Crippen LogP contribution is 2.36. The Kier molecular flexibility index (Phi) is 7.18. The first kappa shape index (κ1) is 22.7. The van der Waals surface area contributed by atoms with Crippen LogP contribution in [-0.2, 0) is 23.6 Å². The van der Waals surface area contributed by atoms with Crippen LogP contribution in [0.1, 0.15) is 54.9 Å². The van der Waals surface area contributed by atoms with Crippen LogP contribution in [0.5, 0.6) is 5.75 Å². The summed E-state index contributed by atoms with van der Waals surface area (Å²) in [4.78, 5) is 11.5. The van der Waals surface area contributed by atoms with Gasteiger partial charge in [0.25, 0.3) is 0 Å². The summed E-state index contributed by atoms with van der Waals surface area (Å²) < 4.78 is 28.3. The van der Waals surface area contributed by atoms with E-state index in [-0.39, 0.29) is 30.9 Å². The van der Waals surface area contributed by atoms with E-state index >= 15 is 0 Å². The van der Waals surface area contributed by atoms with Gasteiger partial charge in [0, 0.05) is 6.42 Å². The van der Waals surface area contributed by atoms with Crippen LogP contribution in [0.25, 0.3) is 0 Å². The van der Waals surface area contributed by atoms with E-state index < -0.39 is 5.60 Å². The number of hydrogen-bond acceptors (Lipinski definition) is 6. The molecule has 1 aromatic rings. The van der Waals surface area contributed by atoms with Gasteiger partial charge in [-0.2, -0.15) is 0 Å². The lowest BCUT2D eigenvalue weighted by Crippen LogP contribution is -2.41. The lowest BCUT2D eigenvalue weighted by molar-refractivity contribution is -0.160. The second kappa shape index (κ2) is 8.85. The van der Waals surface area contributed by atoms with Gasteiger partial charge in [-0.25, -0.2) is 4.79 Å². The van der Waals surface area contributed by atoms with Crippen molar-refractivity contribution in [3.8, 4) is 5.75 Å². The van der Waals surface area contributed by atoms with Gasteiger partial charge < -0.3 is 23.5 Å². The van der Waals surface area contributed by atoms with Crippen LogP contribution in [0.4, 0.5) is 0 Å². The molecule has 1 aliphatic rings. The molecule has 1 aromatic carbocycles. The molecule has 0 aliphatic carbocycles. The Labute approximate surface area is 169 Å². The van der Waals surface area contributed by atoms with Gasteiger partial charge in [0.2, 0.25) is 0 Å². The van der Waals surface area contributed by atoms with Crippen molar-refractivity contribution in [3.05, 3.63) is 24.3 Å². The Morgan fingerprint density at radius 3 is 2.11 bits per heavy atom. The minimum Gasteiger partial charge on any atom is -0.494 e. The molecule has 28 heavy (non-hydrogen) atoms. The quantitative estimate of drug-likeness (QED) is 0.385. The molecule has 1 aliphatic heterocycles. The summed E-state index contributed by atoms with van der Waals surface area (Å²) in [6.45, 7) is 14.5. The first-order chi connectivity index (χ1) is 12.9. The summed E-state index contributed by atoms with van der Waals surface area (Å²) in [6.07, 6.45) is 0.682. The Bertz CT molecular complexity index is 632. The molecular weight excluding hydrogens is 359 g/mol. The number of ether oxygens (including phenoxy) is 3. The summed E-state index contributed by atoms with van der Waals surface area (Å²) in [7, 11) is -0.375. The molecule has 0 bridgehead atoms. The molecule has 0 amide bonds. The van der Waals surface area contributed by atoms with Crippen LogP contribution in [0.2, 0.25) is 0 Å². The maximum Gasteiger partial charge on any atom is 0.494 e. The first-order valence-corrected chi connectivity index (χ1v) is 9.78. The molecule has 0 spiro atoms. The molecule has 0 N–H and O–H groups in total. The normalized spacial score (nSPS) is 18.2. The summed E-state index contributed by atoms with van der Waals surface area (Å²) in [5, 5.41) is 0. The van der Waals surface area contributed by atoms with E-state index in [0.29, 0.717) is 19.6 Å². The average Bonchev–Trinajstić information content (AvgIpc) is 2.77. The minimum atomic E-state index is -0.490. The van der Waals surface area contributed by atoms with Crippen LogP contribution in [0.3, 0.4) is 0 Å². The molecule has 6 nitrogen and oxygen atoms in total. The van der Waals surface area contributed by atoms with E-state index in [1.165, 1.54) is 0 Å². The van der Waals surface area contributed by atoms with Gasteiger partial charge in [-0.1, -0.05) is 12.1 Å². The maximum atomic E-state index is 11.5. The number of esters is 1. The first-order valence-electron chi connectivity index (χ1n) is 9.78. The highest BCUT2D eigenvalue weighted by Gasteiger charge is 2.51. The van der Waals surface area contributed by atoms with Gasteiger partial charge in [0.15, 0.2) is 0 Å². The average molecular weight is 392 g/mol. The molecule has 7 heteroatoms. The molecule has 0 saturated carbocycles. The molecule has 1 heterocycles. The van der Waals surface area contributed by atoms with Crippen LogP contribution in [0.15, 0.2) is 24.3 Å². The zero-order valence-electron chi connectivity index (χ0n) is 18.2. The van der Waals surface area contributed by atoms with Gasteiger partial charge in [0.05, 0.1) is 24.4 Å². The molecule has 156 valence electrons. The van der Waals surface area contributed by atoms with Gasteiger partial charge in [-0.05, 0) is 66.1 Å². The van der Waals surface area contributed by atoms with Gasteiger partial charge >= 0.3 is 13.1 Å². The Balaban J connectivity index is 1.68. The number of hydrogen-bond donors (Lipinski definition) is 0.